The first kappa shape index (κ1) is 35.0. The largest absolute Gasteiger partial charge is 0.508 e. The molecule has 3 amide bonds. The Bertz CT molecular complexity index is 1410. The van der Waals surface area contributed by atoms with Crippen molar-refractivity contribution in [3.05, 3.63) is 65.9 Å². The van der Waals surface area contributed by atoms with Gasteiger partial charge in [-0.15, -0.1) is 0 Å². The lowest BCUT2D eigenvalue weighted by Gasteiger charge is -2.25. The normalized spacial score (nSPS) is 13.8. The fraction of sp³-hybridized carbons (Fsp3) is 0.438. The second kappa shape index (κ2) is 17.7. The van der Waals surface area contributed by atoms with Gasteiger partial charge in [0.25, 0.3) is 0 Å². The second-order valence-electron chi connectivity index (χ2n) is 11.1. The quantitative estimate of drug-likeness (QED) is 0.0856. The number of H-pyrrole nitrogens is 1. The summed E-state index contributed by atoms with van der Waals surface area (Å²) in [5.41, 5.74) is 19.9. The number of carboxylic acid groups (broad SMARTS) is 1. The summed E-state index contributed by atoms with van der Waals surface area (Å²) in [7, 11) is 0. The lowest BCUT2D eigenvalue weighted by molar-refractivity contribution is -0.142. The molecule has 0 spiro atoms. The summed E-state index contributed by atoms with van der Waals surface area (Å²) in [6, 6.07) is 9.43. The first-order valence-corrected chi connectivity index (χ1v) is 15.3. The molecule has 2 aromatic carbocycles. The number of phenols is 1. The fourth-order valence-corrected chi connectivity index (χ4v) is 5.04. The van der Waals surface area contributed by atoms with Gasteiger partial charge in [-0.1, -0.05) is 30.3 Å². The summed E-state index contributed by atoms with van der Waals surface area (Å²) < 4.78 is 0. The highest BCUT2D eigenvalue weighted by molar-refractivity contribution is 5.94. The number of carbonyl (C=O) groups is 4. The van der Waals surface area contributed by atoms with E-state index in [0.29, 0.717) is 44.3 Å². The number of hydrogen-bond acceptors (Lipinski definition) is 8. The number of para-hydroxylation sites is 1. The lowest BCUT2D eigenvalue weighted by atomic mass is 10.0. The van der Waals surface area contributed by atoms with Crippen LogP contribution in [0, 0.1) is 0 Å². The first-order chi connectivity index (χ1) is 21.6. The molecule has 0 radical (unpaired) electrons. The number of carbonyl (C=O) groups excluding carboxylic acids is 3. The van der Waals surface area contributed by atoms with Crippen LogP contribution in [0.25, 0.3) is 10.9 Å². The average molecular weight is 624 g/mol. The van der Waals surface area contributed by atoms with Crippen molar-refractivity contribution in [1.29, 1.82) is 0 Å². The smallest absolute Gasteiger partial charge is 0.326 e. The van der Waals surface area contributed by atoms with Gasteiger partial charge in [0.15, 0.2) is 0 Å². The summed E-state index contributed by atoms with van der Waals surface area (Å²) >= 11 is 0. The van der Waals surface area contributed by atoms with Crippen LogP contribution in [0.15, 0.2) is 54.7 Å². The molecule has 4 atom stereocenters. The molecule has 0 aliphatic heterocycles. The summed E-state index contributed by atoms with van der Waals surface area (Å²) in [6.45, 7) is 0.789. The highest BCUT2D eigenvalue weighted by Gasteiger charge is 2.30. The van der Waals surface area contributed by atoms with Crippen molar-refractivity contribution >= 4 is 34.6 Å². The van der Waals surface area contributed by atoms with Crippen molar-refractivity contribution in [3.8, 4) is 5.75 Å². The third kappa shape index (κ3) is 10.9. The number of amides is 3. The number of rotatable bonds is 19. The number of aromatic amines is 1. The van der Waals surface area contributed by atoms with Crippen LogP contribution in [0.2, 0.25) is 0 Å². The van der Waals surface area contributed by atoms with E-state index in [4.69, 9.17) is 17.2 Å². The maximum Gasteiger partial charge on any atom is 0.326 e. The molecule has 13 nitrogen and oxygen atoms in total. The Hall–Kier alpha value is -4.46. The molecule has 13 heteroatoms. The molecule has 1 aromatic heterocycles. The molecular formula is C32H45N7O6. The molecule has 3 rings (SSSR count). The van der Waals surface area contributed by atoms with Crippen LogP contribution in [-0.2, 0) is 32.0 Å². The maximum atomic E-state index is 13.6. The van der Waals surface area contributed by atoms with Gasteiger partial charge in [-0.25, -0.2) is 4.79 Å². The van der Waals surface area contributed by atoms with E-state index in [1.54, 1.807) is 18.3 Å². The van der Waals surface area contributed by atoms with Crippen LogP contribution >= 0.6 is 0 Å². The molecule has 0 aliphatic rings. The molecule has 0 bridgehead atoms. The van der Waals surface area contributed by atoms with Gasteiger partial charge in [0.05, 0.1) is 6.04 Å². The van der Waals surface area contributed by atoms with Gasteiger partial charge in [-0.05, 0) is 87.4 Å². The van der Waals surface area contributed by atoms with Gasteiger partial charge in [-0.2, -0.15) is 0 Å². The Labute approximate surface area is 262 Å². The van der Waals surface area contributed by atoms with Crippen molar-refractivity contribution < 1.29 is 29.4 Å². The van der Waals surface area contributed by atoms with Crippen molar-refractivity contribution in [2.24, 2.45) is 17.2 Å². The lowest BCUT2D eigenvalue weighted by Crippen LogP contribution is -2.57. The molecule has 4 unspecified atom stereocenters. The van der Waals surface area contributed by atoms with Crippen molar-refractivity contribution in [2.75, 3.05) is 13.1 Å². The minimum absolute atomic E-state index is 0.0105. The van der Waals surface area contributed by atoms with Crippen LogP contribution in [-0.4, -0.2) is 76.1 Å². The Morgan fingerprint density at radius 1 is 0.733 bits per heavy atom. The molecular weight excluding hydrogens is 578 g/mol. The molecule has 12 N–H and O–H groups in total. The average Bonchev–Trinajstić information content (AvgIpc) is 3.43. The number of phenolic OH excluding ortho intramolecular Hbond substituents is 1. The van der Waals surface area contributed by atoms with E-state index >= 15 is 0 Å². The maximum absolute atomic E-state index is 13.6. The number of aromatic nitrogens is 1. The van der Waals surface area contributed by atoms with E-state index in [1.165, 1.54) is 12.1 Å². The molecule has 244 valence electrons. The number of nitrogens with two attached hydrogens (primary N) is 3. The Kier molecular flexibility index (Phi) is 13.8. The minimum atomic E-state index is -1.20. The highest BCUT2D eigenvalue weighted by atomic mass is 16.4. The number of unbranched alkanes of at least 4 members (excludes halogenated alkanes) is 2. The molecule has 0 fully saturated rings. The second-order valence-corrected chi connectivity index (χ2v) is 11.1. The van der Waals surface area contributed by atoms with E-state index in [2.05, 4.69) is 20.9 Å². The van der Waals surface area contributed by atoms with Crippen LogP contribution < -0.4 is 33.2 Å². The number of hydrogen-bond donors (Lipinski definition) is 9. The Morgan fingerprint density at radius 3 is 1.96 bits per heavy atom. The van der Waals surface area contributed by atoms with Gasteiger partial charge in [0.1, 0.15) is 23.9 Å². The number of nitrogens with one attached hydrogen (secondary N) is 4. The predicted octanol–water partition coefficient (Wildman–Crippen LogP) is 0.783. The zero-order chi connectivity index (χ0) is 32.8. The number of carboxylic acids is 1. The highest BCUT2D eigenvalue weighted by Crippen LogP contribution is 2.19. The van der Waals surface area contributed by atoms with Crippen LogP contribution in [0.5, 0.6) is 5.75 Å². The standard InChI is InChI=1S/C32H45N7O6/c33-15-5-3-9-26(37-29(41)24(35)18-21-19-36-25-8-2-1-7-23(21)25)30(42)39-28(17-20-11-13-22(40)14-12-20)31(43)38-27(32(44)45)10-4-6-16-34/h1-2,7-8,11-14,19,24,26-28,36,40H,3-6,9-10,15-18,33-35H2,(H,37,41)(H,38,43)(H,39,42)(H,44,45). The van der Waals surface area contributed by atoms with E-state index in [-0.39, 0.29) is 31.4 Å². The summed E-state index contributed by atoms with van der Waals surface area (Å²) in [6.07, 6.45) is 4.71. The molecule has 0 aliphatic carbocycles. The summed E-state index contributed by atoms with van der Waals surface area (Å²) in [5, 5.41) is 28.3. The van der Waals surface area contributed by atoms with Crippen molar-refractivity contribution in [1.82, 2.24) is 20.9 Å². The summed E-state index contributed by atoms with van der Waals surface area (Å²) in [4.78, 5) is 55.3. The first-order valence-electron chi connectivity index (χ1n) is 15.3. The molecule has 1 heterocycles. The zero-order valence-electron chi connectivity index (χ0n) is 25.3. The van der Waals surface area contributed by atoms with Gasteiger partial charge < -0.3 is 48.3 Å². The van der Waals surface area contributed by atoms with E-state index in [0.717, 1.165) is 16.5 Å². The van der Waals surface area contributed by atoms with Gasteiger partial charge in [0.2, 0.25) is 17.7 Å². The third-order valence-corrected chi connectivity index (χ3v) is 7.60. The van der Waals surface area contributed by atoms with Crippen LogP contribution in [0.1, 0.15) is 49.7 Å². The number of benzene rings is 2. The van der Waals surface area contributed by atoms with Gasteiger partial charge in [0, 0.05) is 23.5 Å². The van der Waals surface area contributed by atoms with E-state index in [1.807, 2.05) is 24.3 Å². The monoisotopic (exact) mass is 623 g/mol. The molecule has 0 saturated heterocycles. The zero-order valence-corrected chi connectivity index (χ0v) is 25.3. The minimum Gasteiger partial charge on any atom is -0.508 e. The van der Waals surface area contributed by atoms with E-state index < -0.39 is 47.9 Å². The van der Waals surface area contributed by atoms with E-state index in [9.17, 15) is 29.4 Å². The molecule has 45 heavy (non-hydrogen) atoms. The molecule has 0 saturated carbocycles. The Morgan fingerprint density at radius 2 is 1.31 bits per heavy atom. The van der Waals surface area contributed by atoms with Gasteiger partial charge >= 0.3 is 5.97 Å². The predicted molar refractivity (Wildman–Crippen MR) is 171 cm³/mol. The number of fused-ring (bicyclic) bond motifs is 1. The SMILES string of the molecule is NCCCCC(NC(=O)C(Cc1ccc(O)cc1)NC(=O)C(CCCCN)NC(=O)C(N)Cc1c[nH]c2ccccc12)C(=O)O. The third-order valence-electron chi connectivity index (χ3n) is 7.60. The number of aromatic hydroxyl groups is 1. The fourth-order valence-electron chi connectivity index (χ4n) is 5.04. The van der Waals surface area contributed by atoms with Crippen LogP contribution in [0.3, 0.4) is 0 Å². The van der Waals surface area contributed by atoms with Crippen molar-refractivity contribution in [3.63, 3.8) is 0 Å². The Balaban J connectivity index is 1.76. The molecule has 3 aromatic rings. The van der Waals surface area contributed by atoms with Gasteiger partial charge in [-0.3, -0.25) is 14.4 Å². The topological polar surface area (TPSA) is 239 Å². The van der Waals surface area contributed by atoms with Crippen molar-refractivity contribution in [2.45, 2.75) is 75.5 Å². The summed E-state index contributed by atoms with van der Waals surface area (Å²) in [5.74, 6) is -3.01. The number of aliphatic carboxylic acids is 1. The van der Waals surface area contributed by atoms with Crippen LogP contribution in [0.4, 0.5) is 0 Å².